The molecule has 0 N–H and O–H groups in total. The molecule has 3 heteroatoms. The monoisotopic (exact) mass is 522 g/mol. The predicted octanol–water partition coefficient (Wildman–Crippen LogP) is 10.7. The molecule has 0 spiro atoms. The van der Waals surface area contributed by atoms with Crippen LogP contribution in [-0.4, -0.2) is 16.6 Å². The number of benzene rings is 3. The van der Waals surface area contributed by atoms with Gasteiger partial charge in [0.05, 0.1) is 29.0 Å². The summed E-state index contributed by atoms with van der Waals surface area (Å²) in [7, 11) is 0. The van der Waals surface area contributed by atoms with Gasteiger partial charge in [0.2, 0.25) is 0 Å². The molecule has 0 amide bonds. The predicted molar refractivity (Wildman–Crippen MR) is 166 cm³/mol. The van der Waals surface area contributed by atoms with Crippen molar-refractivity contribution in [3.63, 3.8) is 0 Å². The van der Waals surface area contributed by atoms with E-state index in [4.69, 9.17) is 14.7 Å². The van der Waals surface area contributed by atoms with Crippen molar-refractivity contribution < 1.29 is 4.74 Å². The number of nitrogens with zero attached hydrogens (tertiary/aromatic N) is 2. The zero-order chi connectivity index (χ0) is 27.1. The number of aromatic nitrogens is 2. The van der Waals surface area contributed by atoms with Crippen molar-refractivity contribution in [3.8, 4) is 28.3 Å². The van der Waals surface area contributed by atoms with Crippen molar-refractivity contribution in [2.24, 2.45) is 5.92 Å². The quantitative estimate of drug-likeness (QED) is 0.129. The molecule has 0 bridgehead atoms. The fraction of sp³-hybridized carbons (Fsp3) is 0.444. The van der Waals surface area contributed by atoms with Crippen LogP contribution >= 0.6 is 0 Å². The van der Waals surface area contributed by atoms with Crippen LogP contribution in [0, 0.1) is 5.92 Å². The van der Waals surface area contributed by atoms with E-state index >= 15 is 0 Å². The molecule has 0 fully saturated rings. The summed E-state index contributed by atoms with van der Waals surface area (Å²) in [6.07, 6.45) is 15.9. The third kappa shape index (κ3) is 8.92. The molecule has 4 rings (SSSR count). The van der Waals surface area contributed by atoms with E-state index in [0.717, 1.165) is 45.9 Å². The molecule has 1 unspecified atom stereocenters. The van der Waals surface area contributed by atoms with Crippen LogP contribution in [0.2, 0.25) is 0 Å². The van der Waals surface area contributed by atoms with Gasteiger partial charge in [-0.15, -0.1) is 0 Å². The Hall–Kier alpha value is -3.20. The van der Waals surface area contributed by atoms with E-state index in [0.29, 0.717) is 5.92 Å². The number of ether oxygens (including phenoxy) is 1. The molecule has 0 radical (unpaired) electrons. The standard InChI is InChI=1S/C36H46N2O/c1-3-5-7-9-10-14-20-29(19-13-8-6-4-2)28-39-32-25-26-33-34(27-32)38-36(31-23-17-12-18-24-31)35(37-33)30-21-15-11-16-22-30/h11-12,15-18,21-27,29H,3-10,13-14,19-20,28H2,1-2H3. The highest BCUT2D eigenvalue weighted by Gasteiger charge is 2.15. The summed E-state index contributed by atoms with van der Waals surface area (Å²) in [4.78, 5) is 10.2. The summed E-state index contributed by atoms with van der Waals surface area (Å²) in [5.41, 5.74) is 5.73. The minimum absolute atomic E-state index is 0.621. The Morgan fingerprint density at radius 1 is 0.564 bits per heavy atom. The van der Waals surface area contributed by atoms with E-state index in [9.17, 15) is 0 Å². The third-order valence-electron chi connectivity index (χ3n) is 7.65. The second-order valence-electron chi connectivity index (χ2n) is 10.9. The summed E-state index contributed by atoms with van der Waals surface area (Å²) < 4.78 is 6.42. The van der Waals surface area contributed by atoms with Crippen LogP contribution in [0.3, 0.4) is 0 Å². The van der Waals surface area contributed by atoms with Crippen molar-refractivity contribution in [3.05, 3.63) is 78.9 Å². The van der Waals surface area contributed by atoms with Gasteiger partial charge in [-0.05, 0) is 30.9 Å². The average Bonchev–Trinajstić information content (AvgIpc) is 2.99. The van der Waals surface area contributed by atoms with Crippen LogP contribution in [0.4, 0.5) is 0 Å². The minimum atomic E-state index is 0.621. The molecule has 3 aromatic carbocycles. The molecule has 0 saturated heterocycles. The van der Waals surface area contributed by atoms with Crippen LogP contribution in [0.5, 0.6) is 5.75 Å². The normalized spacial score (nSPS) is 12.1. The van der Waals surface area contributed by atoms with E-state index in [1.165, 1.54) is 77.0 Å². The third-order valence-corrected chi connectivity index (χ3v) is 7.65. The molecule has 0 aliphatic carbocycles. The average molecular weight is 523 g/mol. The fourth-order valence-corrected chi connectivity index (χ4v) is 5.32. The van der Waals surface area contributed by atoms with E-state index < -0.39 is 0 Å². The maximum atomic E-state index is 6.42. The number of rotatable bonds is 17. The Labute approximate surface area is 236 Å². The Morgan fingerprint density at radius 2 is 1.08 bits per heavy atom. The van der Waals surface area contributed by atoms with Gasteiger partial charge in [0.15, 0.2) is 0 Å². The first-order valence-electron chi connectivity index (χ1n) is 15.3. The molecule has 4 aromatic rings. The number of hydrogen-bond donors (Lipinski definition) is 0. The van der Waals surface area contributed by atoms with Crippen LogP contribution in [0.1, 0.15) is 90.9 Å². The van der Waals surface area contributed by atoms with Gasteiger partial charge in [-0.25, -0.2) is 9.97 Å². The van der Waals surface area contributed by atoms with E-state index in [1.54, 1.807) is 0 Å². The maximum Gasteiger partial charge on any atom is 0.121 e. The SMILES string of the molecule is CCCCCCCCC(CCCCCC)COc1ccc2nc(-c3ccccc3)c(-c3ccccc3)nc2c1. The Kier molecular flexibility index (Phi) is 11.8. The maximum absolute atomic E-state index is 6.42. The van der Waals surface area contributed by atoms with Crippen LogP contribution in [-0.2, 0) is 0 Å². The smallest absolute Gasteiger partial charge is 0.121 e. The van der Waals surface area contributed by atoms with Crippen molar-refractivity contribution >= 4 is 11.0 Å². The van der Waals surface area contributed by atoms with Gasteiger partial charge in [0, 0.05) is 17.2 Å². The molecule has 39 heavy (non-hydrogen) atoms. The Morgan fingerprint density at radius 3 is 1.67 bits per heavy atom. The topological polar surface area (TPSA) is 35.0 Å². The largest absolute Gasteiger partial charge is 0.493 e. The summed E-state index contributed by atoms with van der Waals surface area (Å²) in [5, 5.41) is 0. The van der Waals surface area contributed by atoms with Crippen LogP contribution in [0.25, 0.3) is 33.5 Å². The molecular formula is C36H46N2O. The molecule has 0 aliphatic rings. The summed E-state index contributed by atoms with van der Waals surface area (Å²) in [5.74, 6) is 1.51. The lowest BCUT2D eigenvalue weighted by molar-refractivity contribution is 0.224. The highest BCUT2D eigenvalue weighted by molar-refractivity contribution is 5.86. The molecule has 1 heterocycles. The molecule has 1 atom stereocenters. The zero-order valence-corrected chi connectivity index (χ0v) is 24.1. The van der Waals surface area contributed by atoms with E-state index in [2.05, 4.69) is 80.6 Å². The summed E-state index contributed by atoms with van der Waals surface area (Å²) in [6, 6.07) is 26.9. The van der Waals surface area contributed by atoms with Gasteiger partial charge in [-0.3, -0.25) is 0 Å². The molecule has 0 saturated carbocycles. The Bertz CT molecular complexity index is 1240. The Balaban J connectivity index is 1.49. The second kappa shape index (κ2) is 16.0. The van der Waals surface area contributed by atoms with Gasteiger partial charge in [0.1, 0.15) is 5.75 Å². The minimum Gasteiger partial charge on any atom is -0.493 e. The number of fused-ring (bicyclic) bond motifs is 1. The first kappa shape index (κ1) is 28.8. The zero-order valence-electron chi connectivity index (χ0n) is 24.1. The van der Waals surface area contributed by atoms with Gasteiger partial charge >= 0.3 is 0 Å². The van der Waals surface area contributed by atoms with E-state index in [1.807, 2.05) is 12.1 Å². The number of unbranched alkanes of at least 4 members (excludes halogenated alkanes) is 8. The number of hydrogen-bond acceptors (Lipinski definition) is 3. The van der Waals surface area contributed by atoms with Crippen molar-refractivity contribution in [1.82, 2.24) is 9.97 Å². The van der Waals surface area contributed by atoms with Gasteiger partial charge in [-0.2, -0.15) is 0 Å². The lowest BCUT2D eigenvalue weighted by atomic mass is 9.95. The molecule has 0 aliphatic heterocycles. The molecular weight excluding hydrogens is 476 g/mol. The molecule has 206 valence electrons. The van der Waals surface area contributed by atoms with Crippen molar-refractivity contribution in [2.45, 2.75) is 90.9 Å². The summed E-state index contributed by atoms with van der Waals surface area (Å²) >= 11 is 0. The van der Waals surface area contributed by atoms with Gasteiger partial charge in [-0.1, -0.05) is 139 Å². The van der Waals surface area contributed by atoms with Gasteiger partial charge in [0.25, 0.3) is 0 Å². The molecule has 3 nitrogen and oxygen atoms in total. The highest BCUT2D eigenvalue weighted by Crippen LogP contribution is 2.32. The van der Waals surface area contributed by atoms with Crippen LogP contribution < -0.4 is 4.74 Å². The lowest BCUT2D eigenvalue weighted by Gasteiger charge is -2.18. The van der Waals surface area contributed by atoms with Crippen molar-refractivity contribution in [2.75, 3.05) is 6.61 Å². The van der Waals surface area contributed by atoms with Crippen LogP contribution in [0.15, 0.2) is 78.9 Å². The van der Waals surface area contributed by atoms with Crippen molar-refractivity contribution in [1.29, 1.82) is 0 Å². The second-order valence-corrected chi connectivity index (χ2v) is 10.9. The molecule has 1 aromatic heterocycles. The highest BCUT2D eigenvalue weighted by atomic mass is 16.5. The first-order chi connectivity index (χ1) is 19.3. The van der Waals surface area contributed by atoms with Gasteiger partial charge < -0.3 is 4.74 Å². The lowest BCUT2D eigenvalue weighted by Crippen LogP contribution is -2.12. The van der Waals surface area contributed by atoms with E-state index in [-0.39, 0.29) is 0 Å². The fourth-order valence-electron chi connectivity index (χ4n) is 5.32. The summed E-state index contributed by atoms with van der Waals surface area (Å²) in [6.45, 7) is 5.35. The first-order valence-corrected chi connectivity index (χ1v) is 15.3.